The quantitative estimate of drug-likeness (QED) is 0.515. The lowest BCUT2D eigenvalue weighted by atomic mass is 10.0. The molecule has 0 N–H and O–H groups in total. The van der Waals surface area contributed by atoms with Crippen LogP contribution in [0.2, 0.25) is 0 Å². The van der Waals surface area contributed by atoms with E-state index in [9.17, 15) is 4.79 Å². The predicted octanol–water partition coefficient (Wildman–Crippen LogP) is 4.04. The van der Waals surface area contributed by atoms with Gasteiger partial charge in [-0.05, 0) is 48.2 Å². The van der Waals surface area contributed by atoms with Gasteiger partial charge < -0.3 is 9.64 Å². The van der Waals surface area contributed by atoms with Crippen molar-refractivity contribution in [3.8, 4) is 12.1 Å². The van der Waals surface area contributed by atoms with Crippen LogP contribution in [-0.4, -0.2) is 26.2 Å². The molecule has 0 amide bonds. The summed E-state index contributed by atoms with van der Waals surface area (Å²) in [7, 11) is 1.39. The molecule has 0 aromatic heterocycles. The third kappa shape index (κ3) is 6.00. The van der Waals surface area contributed by atoms with E-state index in [1.54, 1.807) is 6.08 Å². The summed E-state index contributed by atoms with van der Waals surface area (Å²) in [6.45, 7) is 3.25. The summed E-state index contributed by atoms with van der Waals surface area (Å²) >= 11 is 0. The molecule has 0 aliphatic heterocycles. The van der Waals surface area contributed by atoms with Crippen molar-refractivity contribution in [1.29, 1.82) is 10.5 Å². The van der Waals surface area contributed by atoms with Crippen LogP contribution >= 0.6 is 0 Å². The molecule has 0 heterocycles. The number of benzene rings is 2. The number of methoxy groups -OCH3 is 1. The third-order valence-electron chi connectivity index (χ3n) is 4.49. The first-order valence-corrected chi connectivity index (χ1v) is 9.05. The fourth-order valence-corrected chi connectivity index (χ4v) is 2.87. The van der Waals surface area contributed by atoms with Crippen LogP contribution < -0.4 is 4.90 Å². The van der Waals surface area contributed by atoms with Crippen LogP contribution in [0.15, 0.2) is 54.1 Å². The fraction of sp³-hybridized carbons (Fsp3) is 0.261. The summed E-state index contributed by atoms with van der Waals surface area (Å²) in [5.74, 6) is -0.242. The smallest absolute Gasteiger partial charge is 0.307 e. The van der Waals surface area contributed by atoms with Gasteiger partial charge >= 0.3 is 5.97 Å². The number of carbonyl (C=O) groups is 1. The zero-order valence-corrected chi connectivity index (χ0v) is 16.2. The number of rotatable bonds is 8. The van der Waals surface area contributed by atoms with E-state index in [2.05, 4.69) is 17.0 Å². The summed E-state index contributed by atoms with van der Waals surface area (Å²) in [5, 5.41) is 17.9. The average molecular weight is 373 g/mol. The van der Waals surface area contributed by atoms with Crippen molar-refractivity contribution in [2.75, 3.05) is 25.1 Å². The lowest BCUT2D eigenvalue weighted by Crippen LogP contribution is -2.28. The molecule has 142 valence electrons. The Labute approximate surface area is 166 Å². The molecule has 0 spiro atoms. The summed E-state index contributed by atoms with van der Waals surface area (Å²) < 4.78 is 4.78. The minimum Gasteiger partial charge on any atom is -0.469 e. The van der Waals surface area contributed by atoms with Crippen molar-refractivity contribution in [3.63, 3.8) is 0 Å². The first-order valence-electron chi connectivity index (χ1n) is 9.05. The van der Waals surface area contributed by atoms with E-state index in [0.717, 1.165) is 29.8 Å². The Hall–Kier alpha value is -3.57. The van der Waals surface area contributed by atoms with Crippen LogP contribution in [0.5, 0.6) is 0 Å². The van der Waals surface area contributed by atoms with Crippen LogP contribution in [0.3, 0.4) is 0 Å². The second kappa shape index (κ2) is 10.5. The van der Waals surface area contributed by atoms with E-state index in [-0.39, 0.29) is 11.5 Å². The molecule has 0 atom stereocenters. The highest BCUT2D eigenvalue weighted by Crippen LogP contribution is 2.22. The van der Waals surface area contributed by atoms with Crippen molar-refractivity contribution in [3.05, 3.63) is 70.8 Å². The molecule has 0 saturated heterocycles. The Morgan fingerprint density at radius 2 is 1.82 bits per heavy atom. The van der Waals surface area contributed by atoms with E-state index < -0.39 is 0 Å². The molecule has 0 aliphatic rings. The minimum absolute atomic E-state index is 0.0717. The van der Waals surface area contributed by atoms with Gasteiger partial charge in [0.1, 0.15) is 17.7 Å². The number of hydrogen-bond donors (Lipinski definition) is 0. The van der Waals surface area contributed by atoms with Crippen molar-refractivity contribution in [2.24, 2.45) is 0 Å². The van der Waals surface area contributed by atoms with Gasteiger partial charge in [0.15, 0.2) is 0 Å². The van der Waals surface area contributed by atoms with Gasteiger partial charge in [-0.2, -0.15) is 10.5 Å². The van der Waals surface area contributed by atoms with Gasteiger partial charge in [0.05, 0.1) is 13.5 Å². The monoisotopic (exact) mass is 373 g/mol. The molecular formula is C23H23N3O2. The highest BCUT2D eigenvalue weighted by Gasteiger charge is 2.11. The molecule has 28 heavy (non-hydrogen) atoms. The van der Waals surface area contributed by atoms with Crippen molar-refractivity contribution in [1.82, 2.24) is 0 Å². The Bertz CT molecular complexity index is 905. The number of nitrogens with zero attached hydrogens (tertiary/aromatic N) is 3. The minimum atomic E-state index is -0.242. The van der Waals surface area contributed by atoms with Gasteiger partial charge in [-0.15, -0.1) is 0 Å². The van der Waals surface area contributed by atoms with Crippen molar-refractivity contribution in [2.45, 2.75) is 19.8 Å². The van der Waals surface area contributed by atoms with Gasteiger partial charge in [0, 0.05) is 18.8 Å². The number of aryl methyl sites for hydroxylation is 1. The molecule has 2 aromatic rings. The zero-order valence-electron chi connectivity index (χ0n) is 16.2. The van der Waals surface area contributed by atoms with Gasteiger partial charge in [0.25, 0.3) is 0 Å². The number of esters is 1. The molecule has 0 aliphatic carbocycles. The Morgan fingerprint density at radius 1 is 1.11 bits per heavy atom. The van der Waals surface area contributed by atoms with Crippen molar-refractivity contribution >= 4 is 17.7 Å². The standard InChI is InChI=1S/C23H23N3O2/c1-18-14-22(9-8-21(18)15-20(16-24)17-25)26(13-11-23(27)28-2)12-10-19-6-4-3-5-7-19/h3-9,14-15H,10-13H2,1-2H3. The third-order valence-corrected chi connectivity index (χ3v) is 4.49. The van der Waals surface area contributed by atoms with Gasteiger partial charge in [-0.1, -0.05) is 36.4 Å². The van der Waals surface area contributed by atoms with E-state index in [1.807, 2.05) is 55.5 Å². The van der Waals surface area contributed by atoms with Crippen LogP contribution in [0, 0.1) is 29.6 Å². The SMILES string of the molecule is COC(=O)CCN(CCc1ccccc1)c1ccc(C=C(C#N)C#N)c(C)c1. The number of allylic oxidation sites excluding steroid dienone is 1. The van der Waals surface area contributed by atoms with Crippen LogP contribution in [-0.2, 0) is 16.0 Å². The molecule has 0 bridgehead atoms. The Kier molecular flexibility index (Phi) is 7.81. The van der Waals surface area contributed by atoms with E-state index in [0.29, 0.717) is 13.0 Å². The number of carbonyl (C=O) groups excluding carboxylic acids is 1. The lowest BCUT2D eigenvalue weighted by Gasteiger charge is -2.25. The molecule has 5 heteroatoms. The predicted molar refractivity (Wildman–Crippen MR) is 109 cm³/mol. The molecule has 0 fully saturated rings. The normalized spacial score (nSPS) is 9.71. The fourth-order valence-electron chi connectivity index (χ4n) is 2.87. The summed E-state index contributed by atoms with van der Waals surface area (Å²) in [6, 6.07) is 19.8. The first kappa shape index (κ1) is 20.7. The summed E-state index contributed by atoms with van der Waals surface area (Å²) in [6.07, 6.45) is 2.75. The molecule has 0 radical (unpaired) electrons. The molecule has 2 rings (SSSR count). The van der Waals surface area contributed by atoms with Gasteiger partial charge in [0.2, 0.25) is 0 Å². The van der Waals surface area contributed by atoms with E-state index >= 15 is 0 Å². The van der Waals surface area contributed by atoms with Crippen LogP contribution in [0.25, 0.3) is 6.08 Å². The molecule has 0 unspecified atom stereocenters. The second-order valence-corrected chi connectivity index (χ2v) is 6.37. The summed E-state index contributed by atoms with van der Waals surface area (Å²) in [5.41, 5.74) is 4.09. The van der Waals surface area contributed by atoms with Crippen LogP contribution in [0.4, 0.5) is 5.69 Å². The highest BCUT2D eigenvalue weighted by atomic mass is 16.5. The van der Waals surface area contributed by atoms with Crippen molar-refractivity contribution < 1.29 is 9.53 Å². The first-order chi connectivity index (χ1) is 13.6. The number of ether oxygens (including phenoxy) is 1. The number of hydrogen-bond acceptors (Lipinski definition) is 5. The largest absolute Gasteiger partial charge is 0.469 e. The molecular weight excluding hydrogens is 350 g/mol. The van der Waals surface area contributed by atoms with Gasteiger partial charge in [-0.3, -0.25) is 4.79 Å². The molecule has 0 saturated carbocycles. The highest BCUT2D eigenvalue weighted by molar-refractivity contribution is 5.70. The summed E-state index contributed by atoms with van der Waals surface area (Å²) in [4.78, 5) is 13.8. The van der Waals surface area contributed by atoms with Gasteiger partial charge in [-0.25, -0.2) is 0 Å². The maximum Gasteiger partial charge on any atom is 0.307 e. The molecule has 2 aromatic carbocycles. The van der Waals surface area contributed by atoms with E-state index in [1.165, 1.54) is 12.7 Å². The average Bonchev–Trinajstić information content (AvgIpc) is 2.73. The zero-order chi connectivity index (χ0) is 20.4. The molecule has 5 nitrogen and oxygen atoms in total. The number of nitriles is 2. The number of anilines is 1. The Morgan fingerprint density at radius 3 is 2.43 bits per heavy atom. The lowest BCUT2D eigenvalue weighted by molar-refractivity contribution is -0.140. The topological polar surface area (TPSA) is 77.1 Å². The second-order valence-electron chi connectivity index (χ2n) is 6.37. The Balaban J connectivity index is 2.22. The maximum atomic E-state index is 11.6. The maximum absolute atomic E-state index is 11.6. The van der Waals surface area contributed by atoms with E-state index in [4.69, 9.17) is 15.3 Å². The van der Waals surface area contributed by atoms with Crippen LogP contribution in [0.1, 0.15) is 23.1 Å².